The van der Waals surface area contributed by atoms with Crippen LogP contribution >= 0.6 is 11.3 Å². The maximum Gasteiger partial charge on any atom is 0.251 e. The highest BCUT2D eigenvalue weighted by Crippen LogP contribution is 2.28. The van der Waals surface area contributed by atoms with E-state index in [0.717, 1.165) is 13.1 Å². The molecular weight excluding hydrogens is 394 g/mol. The van der Waals surface area contributed by atoms with E-state index in [1.54, 1.807) is 35.6 Å². The summed E-state index contributed by atoms with van der Waals surface area (Å²) in [6.45, 7) is 4.44. The Balaban J connectivity index is 1.66. The lowest BCUT2D eigenvalue weighted by Crippen LogP contribution is -2.36. The predicted octanol–water partition coefficient (Wildman–Crippen LogP) is 3.47. The fourth-order valence-electron chi connectivity index (χ4n) is 3.46. The van der Waals surface area contributed by atoms with Crippen molar-refractivity contribution in [2.24, 2.45) is 0 Å². The zero-order valence-electron chi connectivity index (χ0n) is 16.1. The van der Waals surface area contributed by atoms with Crippen LogP contribution < -0.4 is 10.0 Å². The van der Waals surface area contributed by atoms with Gasteiger partial charge in [0.1, 0.15) is 0 Å². The fourth-order valence-corrected chi connectivity index (χ4v) is 5.44. The SMILES string of the molecule is CCCS(=O)(=O)Nc1cccc(C(=O)NCC(c2cccs2)N2CCCC2)c1. The molecule has 2 N–H and O–H groups in total. The van der Waals surface area contributed by atoms with Crippen molar-refractivity contribution in [3.05, 3.63) is 52.2 Å². The molecule has 152 valence electrons. The van der Waals surface area contributed by atoms with Gasteiger partial charge in [-0.15, -0.1) is 11.3 Å². The molecule has 1 aliphatic heterocycles. The summed E-state index contributed by atoms with van der Waals surface area (Å²) in [6.07, 6.45) is 2.92. The third kappa shape index (κ3) is 5.56. The van der Waals surface area contributed by atoms with Crippen LogP contribution in [0.5, 0.6) is 0 Å². The molecule has 1 aromatic heterocycles. The Bertz CT molecular complexity index is 876. The second-order valence-corrected chi connectivity index (χ2v) is 9.81. The normalized spacial score (nSPS) is 16.0. The first-order chi connectivity index (χ1) is 13.5. The summed E-state index contributed by atoms with van der Waals surface area (Å²) in [6, 6.07) is 11.0. The van der Waals surface area contributed by atoms with Crippen molar-refractivity contribution < 1.29 is 13.2 Å². The van der Waals surface area contributed by atoms with Crippen LogP contribution in [0, 0.1) is 0 Å². The number of amides is 1. The van der Waals surface area contributed by atoms with Crippen molar-refractivity contribution in [1.29, 1.82) is 0 Å². The first-order valence-corrected chi connectivity index (χ1v) is 12.2. The van der Waals surface area contributed by atoms with E-state index in [2.05, 4.69) is 26.4 Å². The number of anilines is 1. The average Bonchev–Trinajstić information content (AvgIpc) is 3.36. The molecule has 28 heavy (non-hydrogen) atoms. The Morgan fingerprint density at radius 3 is 2.68 bits per heavy atom. The lowest BCUT2D eigenvalue weighted by molar-refractivity contribution is 0.0938. The van der Waals surface area contributed by atoms with Gasteiger partial charge >= 0.3 is 0 Å². The molecule has 1 saturated heterocycles. The topological polar surface area (TPSA) is 78.5 Å². The third-order valence-corrected chi connectivity index (χ3v) is 7.25. The summed E-state index contributed by atoms with van der Waals surface area (Å²) in [4.78, 5) is 16.3. The number of hydrogen-bond donors (Lipinski definition) is 2. The summed E-state index contributed by atoms with van der Waals surface area (Å²) in [5.74, 6) is -0.140. The molecule has 6 nitrogen and oxygen atoms in total. The van der Waals surface area contributed by atoms with Crippen LogP contribution in [0.3, 0.4) is 0 Å². The number of thiophene rings is 1. The molecule has 0 aliphatic carbocycles. The lowest BCUT2D eigenvalue weighted by atomic mass is 10.1. The fraction of sp³-hybridized carbons (Fsp3) is 0.450. The number of likely N-dealkylation sites (tertiary alicyclic amines) is 1. The van der Waals surface area contributed by atoms with Gasteiger partial charge in [-0.25, -0.2) is 8.42 Å². The van der Waals surface area contributed by atoms with Crippen molar-refractivity contribution in [3.63, 3.8) is 0 Å². The van der Waals surface area contributed by atoms with Gasteiger partial charge < -0.3 is 5.32 Å². The monoisotopic (exact) mass is 421 g/mol. The Kier molecular flexibility index (Phi) is 7.09. The van der Waals surface area contributed by atoms with Crippen molar-refractivity contribution in [2.75, 3.05) is 30.1 Å². The van der Waals surface area contributed by atoms with Crippen LogP contribution in [0.1, 0.15) is 47.5 Å². The molecule has 2 aromatic rings. The van der Waals surface area contributed by atoms with Crippen LogP contribution in [0.4, 0.5) is 5.69 Å². The lowest BCUT2D eigenvalue weighted by Gasteiger charge is -2.27. The summed E-state index contributed by atoms with van der Waals surface area (Å²) in [7, 11) is -3.38. The van der Waals surface area contributed by atoms with Crippen LogP contribution in [0.25, 0.3) is 0 Å². The molecule has 1 aliphatic rings. The highest BCUT2D eigenvalue weighted by Gasteiger charge is 2.24. The maximum atomic E-state index is 12.7. The van der Waals surface area contributed by atoms with Gasteiger partial charge in [0.15, 0.2) is 0 Å². The number of carbonyl (C=O) groups excluding carboxylic acids is 1. The Hall–Kier alpha value is -1.90. The number of nitrogens with zero attached hydrogens (tertiary/aromatic N) is 1. The van der Waals surface area contributed by atoms with Gasteiger partial charge in [0.05, 0.1) is 11.8 Å². The van der Waals surface area contributed by atoms with Gasteiger partial charge in [-0.05, 0) is 62.0 Å². The van der Waals surface area contributed by atoms with Crippen molar-refractivity contribution in [1.82, 2.24) is 10.2 Å². The smallest absolute Gasteiger partial charge is 0.251 e. The Morgan fingerprint density at radius 1 is 1.21 bits per heavy atom. The van der Waals surface area contributed by atoms with Crippen molar-refractivity contribution in [2.45, 2.75) is 32.2 Å². The van der Waals surface area contributed by atoms with Gasteiger partial charge in [-0.3, -0.25) is 14.4 Å². The van der Waals surface area contributed by atoms with Gasteiger partial charge in [-0.1, -0.05) is 19.1 Å². The zero-order valence-corrected chi connectivity index (χ0v) is 17.7. The van der Waals surface area contributed by atoms with E-state index in [-0.39, 0.29) is 17.7 Å². The van der Waals surface area contributed by atoms with Crippen LogP contribution in [-0.4, -0.2) is 44.6 Å². The summed E-state index contributed by atoms with van der Waals surface area (Å²) >= 11 is 1.71. The Labute approximate surface area is 171 Å². The molecule has 0 spiro atoms. The highest BCUT2D eigenvalue weighted by atomic mass is 32.2. The highest BCUT2D eigenvalue weighted by molar-refractivity contribution is 7.92. The maximum absolute atomic E-state index is 12.7. The minimum absolute atomic E-state index is 0.0573. The number of hydrogen-bond acceptors (Lipinski definition) is 5. The molecule has 0 radical (unpaired) electrons. The zero-order chi connectivity index (χ0) is 20.0. The minimum Gasteiger partial charge on any atom is -0.350 e. The van der Waals surface area contributed by atoms with Crippen molar-refractivity contribution in [3.8, 4) is 0 Å². The third-order valence-electron chi connectivity index (χ3n) is 4.78. The predicted molar refractivity (Wildman–Crippen MR) is 114 cm³/mol. The van der Waals surface area contributed by atoms with Crippen molar-refractivity contribution >= 4 is 33.0 Å². The first kappa shape index (κ1) is 20.8. The van der Waals surface area contributed by atoms with E-state index in [0.29, 0.717) is 24.2 Å². The molecule has 1 aromatic carbocycles. The van der Waals surface area contributed by atoms with Crippen LogP contribution in [-0.2, 0) is 10.0 Å². The molecule has 8 heteroatoms. The molecule has 1 atom stereocenters. The molecule has 3 rings (SSSR count). The second kappa shape index (κ2) is 9.54. The molecule has 2 heterocycles. The number of rotatable bonds is 9. The standard InChI is InChI=1S/C20H27N3O3S2/c1-2-13-28(25,26)22-17-8-5-7-16(14-17)20(24)21-15-18(19-9-6-12-27-19)23-10-3-4-11-23/h5-9,12,14,18,22H,2-4,10-11,13,15H2,1H3,(H,21,24). The molecule has 0 bridgehead atoms. The average molecular weight is 422 g/mol. The first-order valence-electron chi connectivity index (χ1n) is 9.65. The van der Waals surface area contributed by atoms with E-state index in [9.17, 15) is 13.2 Å². The largest absolute Gasteiger partial charge is 0.350 e. The Morgan fingerprint density at radius 2 is 2.00 bits per heavy atom. The second-order valence-electron chi connectivity index (χ2n) is 6.99. The molecule has 0 saturated carbocycles. The van der Waals surface area contributed by atoms with E-state index >= 15 is 0 Å². The van der Waals surface area contributed by atoms with Gasteiger partial charge in [-0.2, -0.15) is 0 Å². The van der Waals surface area contributed by atoms with E-state index < -0.39 is 10.0 Å². The molecule has 1 fully saturated rings. The van der Waals surface area contributed by atoms with E-state index in [1.807, 2.05) is 13.0 Å². The number of carbonyl (C=O) groups is 1. The van der Waals surface area contributed by atoms with Gasteiger partial charge in [0.25, 0.3) is 5.91 Å². The van der Waals surface area contributed by atoms with Crippen LogP contribution in [0.15, 0.2) is 41.8 Å². The molecule has 1 unspecified atom stereocenters. The molecular formula is C20H27N3O3S2. The van der Waals surface area contributed by atoms with Gasteiger partial charge in [0, 0.05) is 22.7 Å². The number of sulfonamides is 1. The number of nitrogens with one attached hydrogen (secondary N) is 2. The van der Waals surface area contributed by atoms with Crippen LogP contribution in [0.2, 0.25) is 0 Å². The molecule has 1 amide bonds. The number of benzene rings is 1. The van der Waals surface area contributed by atoms with E-state index in [1.165, 1.54) is 17.7 Å². The summed E-state index contributed by atoms with van der Waals surface area (Å²) in [5, 5.41) is 5.09. The summed E-state index contributed by atoms with van der Waals surface area (Å²) in [5.41, 5.74) is 0.860. The quantitative estimate of drug-likeness (QED) is 0.650. The van der Waals surface area contributed by atoms with Gasteiger partial charge in [0.2, 0.25) is 10.0 Å². The minimum atomic E-state index is -3.38. The van der Waals surface area contributed by atoms with E-state index in [4.69, 9.17) is 0 Å². The summed E-state index contributed by atoms with van der Waals surface area (Å²) < 4.78 is 26.4.